The summed E-state index contributed by atoms with van der Waals surface area (Å²) >= 11 is 0. The summed E-state index contributed by atoms with van der Waals surface area (Å²) in [7, 11) is -1.22. The summed E-state index contributed by atoms with van der Waals surface area (Å²) in [5.74, 6) is -1.29. The Morgan fingerprint density at radius 3 is 2.04 bits per heavy atom. The van der Waals surface area contributed by atoms with Crippen LogP contribution in [0.1, 0.15) is 12.0 Å². The van der Waals surface area contributed by atoms with Gasteiger partial charge in [0.15, 0.2) is 0 Å². The smallest absolute Gasteiger partial charge is 0.304 e. The highest BCUT2D eigenvalue weighted by atomic mass is 32.2. The Balaban J connectivity index is 1.96. The van der Waals surface area contributed by atoms with Crippen molar-refractivity contribution in [1.82, 2.24) is 9.62 Å². The van der Waals surface area contributed by atoms with Crippen molar-refractivity contribution >= 4 is 21.8 Å². The highest BCUT2D eigenvalue weighted by molar-refractivity contribution is 7.90. The molecule has 0 spiro atoms. The van der Waals surface area contributed by atoms with Crippen LogP contribution < -0.4 is 9.62 Å². The first-order chi connectivity index (χ1) is 13.2. The van der Waals surface area contributed by atoms with Crippen molar-refractivity contribution in [2.75, 3.05) is 31.5 Å². The molecule has 0 aliphatic heterocycles. The fraction of sp³-hybridized carbons (Fsp3) is 0.316. The maximum absolute atomic E-state index is 13.2. The van der Waals surface area contributed by atoms with Gasteiger partial charge in [0.25, 0.3) is 0 Å². The molecular formula is C19H23F2N3O3S. The Morgan fingerprint density at radius 2 is 1.50 bits per heavy atom. The Hall–Kier alpha value is -2.52. The Morgan fingerprint density at radius 1 is 0.964 bits per heavy atom. The lowest BCUT2D eigenvalue weighted by molar-refractivity contribution is -0.119. The van der Waals surface area contributed by atoms with Gasteiger partial charge in [-0.2, -0.15) is 12.7 Å². The molecule has 9 heteroatoms. The molecule has 152 valence electrons. The Kier molecular flexibility index (Phi) is 7.47. The van der Waals surface area contributed by atoms with Crippen molar-refractivity contribution in [2.45, 2.75) is 12.8 Å². The van der Waals surface area contributed by atoms with Crippen LogP contribution in [0.15, 0.2) is 48.5 Å². The molecule has 1 N–H and O–H groups in total. The van der Waals surface area contributed by atoms with E-state index in [1.165, 1.54) is 38.4 Å². The Bertz CT molecular complexity index is 886. The number of rotatable bonds is 9. The number of nitrogens with zero attached hydrogens (tertiary/aromatic N) is 2. The summed E-state index contributed by atoms with van der Waals surface area (Å²) in [6, 6.07) is 11.0. The molecular weight excluding hydrogens is 388 g/mol. The third kappa shape index (κ3) is 6.00. The van der Waals surface area contributed by atoms with E-state index in [4.69, 9.17) is 0 Å². The fourth-order valence-corrected chi connectivity index (χ4v) is 3.53. The lowest BCUT2D eigenvalue weighted by Crippen LogP contribution is -2.46. The lowest BCUT2D eigenvalue weighted by atomic mass is 10.1. The van der Waals surface area contributed by atoms with E-state index in [9.17, 15) is 22.0 Å². The van der Waals surface area contributed by atoms with Crippen LogP contribution in [0.5, 0.6) is 0 Å². The van der Waals surface area contributed by atoms with Crippen molar-refractivity contribution in [3.63, 3.8) is 0 Å². The predicted molar refractivity (Wildman–Crippen MR) is 104 cm³/mol. The number of amides is 1. The van der Waals surface area contributed by atoms with E-state index >= 15 is 0 Å². The molecule has 0 radical (unpaired) electrons. The van der Waals surface area contributed by atoms with Crippen LogP contribution in [0.25, 0.3) is 0 Å². The Labute approximate surface area is 164 Å². The van der Waals surface area contributed by atoms with Crippen molar-refractivity contribution < 1.29 is 22.0 Å². The molecule has 0 atom stereocenters. The predicted octanol–water partition coefficient (Wildman–Crippen LogP) is 2.33. The number of halogens is 2. The molecule has 0 aliphatic rings. The zero-order valence-electron chi connectivity index (χ0n) is 15.7. The van der Waals surface area contributed by atoms with E-state index < -0.39 is 28.5 Å². The van der Waals surface area contributed by atoms with Crippen LogP contribution in [0, 0.1) is 11.6 Å². The average Bonchev–Trinajstić information content (AvgIpc) is 2.65. The van der Waals surface area contributed by atoms with E-state index in [1.54, 1.807) is 12.1 Å². The van der Waals surface area contributed by atoms with E-state index in [0.717, 1.165) is 26.3 Å². The highest BCUT2D eigenvalue weighted by Gasteiger charge is 2.27. The van der Waals surface area contributed by atoms with Gasteiger partial charge in [-0.15, -0.1) is 0 Å². The molecule has 2 aromatic carbocycles. The molecule has 0 fully saturated rings. The van der Waals surface area contributed by atoms with Crippen molar-refractivity contribution in [1.29, 1.82) is 0 Å². The van der Waals surface area contributed by atoms with Crippen LogP contribution in [0.2, 0.25) is 0 Å². The van der Waals surface area contributed by atoms with Gasteiger partial charge in [-0.05, 0) is 54.8 Å². The van der Waals surface area contributed by atoms with Crippen molar-refractivity contribution in [3.8, 4) is 0 Å². The molecule has 0 unspecified atom stereocenters. The van der Waals surface area contributed by atoms with Gasteiger partial charge in [0.05, 0.1) is 5.69 Å². The zero-order valence-corrected chi connectivity index (χ0v) is 16.5. The summed E-state index contributed by atoms with van der Waals surface area (Å²) < 4.78 is 53.0. The van der Waals surface area contributed by atoms with Crippen molar-refractivity contribution in [2.24, 2.45) is 0 Å². The third-order valence-electron chi connectivity index (χ3n) is 4.02. The molecule has 0 aliphatic carbocycles. The van der Waals surface area contributed by atoms with Crippen molar-refractivity contribution in [3.05, 3.63) is 65.7 Å². The minimum atomic E-state index is -3.93. The molecule has 0 saturated carbocycles. The number of hydrogen-bond donors (Lipinski definition) is 1. The number of hydrogen-bond acceptors (Lipinski definition) is 3. The van der Waals surface area contributed by atoms with E-state index in [0.29, 0.717) is 19.4 Å². The van der Waals surface area contributed by atoms with Crippen LogP contribution >= 0.6 is 0 Å². The molecule has 0 heterocycles. The summed E-state index contributed by atoms with van der Waals surface area (Å²) in [5.41, 5.74) is 1.13. The monoisotopic (exact) mass is 411 g/mol. The fourth-order valence-electron chi connectivity index (χ4n) is 2.47. The van der Waals surface area contributed by atoms with Gasteiger partial charge in [0, 0.05) is 20.6 Å². The molecule has 28 heavy (non-hydrogen) atoms. The maximum Gasteiger partial charge on any atom is 0.304 e. The second-order valence-corrected chi connectivity index (χ2v) is 8.42. The molecule has 0 bridgehead atoms. The van der Waals surface area contributed by atoms with Crippen LogP contribution in [-0.2, 0) is 21.4 Å². The first-order valence-electron chi connectivity index (χ1n) is 8.67. The summed E-state index contributed by atoms with van der Waals surface area (Å²) in [5, 5.41) is 2.68. The van der Waals surface area contributed by atoms with Gasteiger partial charge in [-0.3, -0.25) is 4.79 Å². The third-order valence-corrected chi connectivity index (χ3v) is 5.84. The molecule has 6 nitrogen and oxygen atoms in total. The molecule has 2 aromatic rings. The average molecular weight is 411 g/mol. The number of carbonyl (C=O) groups is 1. The number of aryl methyl sites for hydroxylation is 1. The number of carbonyl (C=O) groups excluding carboxylic acids is 1. The topological polar surface area (TPSA) is 69.7 Å². The van der Waals surface area contributed by atoms with Crippen LogP contribution in [0.4, 0.5) is 14.5 Å². The lowest BCUT2D eigenvalue weighted by Gasteiger charge is -2.26. The van der Waals surface area contributed by atoms with Crippen LogP contribution in [-0.4, -0.2) is 45.8 Å². The quantitative estimate of drug-likeness (QED) is 0.644. The normalized spacial score (nSPS) is 11.5. The summed E-state index contributed by atoms with van der Waals surface area (Å²) in [6.07, 6.45) is 1.27. The van der Waals surface area contributed by atoms with E-state index in [2.05, 4.69) is 5.32 Å². The number of benzene rings is 2. The van der Waals surface area contributed by atoms with Gasteiger partial charge < -0.3 is 5.32 Å². The van der Waals surface area contributed by atoms with E-state index in [1.807, 2.05) is 0 Å². The minimum Gasteiger partial charge on any atom is -0.355 e. The second-order valence-electron chi connectivity index (χ2n) is 6.35. The first-order valence-corrected chi connectivity index (χ1v) is 10.1. The molecule has 2 rings (SSSR count). The van der Waals surface area contributed by atoms with Gasteiger partial charge >= 0.3 is 10.2 Å². The summed E-state index contributed by atoms with van der Waals surface area (Å²) in [4.78, 5) is 12.3. The summed E-state index contributed by atoms with van der Waals surface area (Å²) in [6.45, 7) is -0.0851. The molecule has 1 amide bonds. The van der Waals surface area contributed by atoms with Gasteiger partial charge in [0.1, 0.15) is 18.2 Å². The van der Waals surface area contributed by atoms with Gasteiger partial charge in [-0.25, -0.2) is 13.1 Å². The SMILES string of the molecule is CN(C)S(=O)(=O)N(CC(=O)NCCCc1ccc(F)cc1)c1ccc(F)cc1. The largest absolute Gasteiger partial charge is 0.355 e. The maximum atomic E-state index is 13.2. The molecule has 0 saturated heterocycles. The molecule has 0 aromatic heterocycles. The van der Waals surface area contributed by atoms with Crippen LogP contribution in [0.3, 0.4) is 0 Å². The number of nitrogens with one attached hydrogen (secondary N) is 1. The second kappa shape index (κ2) is 9.61. The van der Waals surface area contributed by atoms with E-state index in [-0.39, 0.29) is 11.5 Å². The van der Waals surface area contributed by atoms with Gasteiger partial charge in [-0.1, -0.05) is 12.1 Å². The first kappa shape index (κ1) is 21.8. The zero-order chi connectivity index (χ0) is 20.7. The number of anilines is 1. The highest BCUT2D eigenvalue weighted by Crippen LogP contribution is 2.19. The standard InChI is InChI=1S/C19H23F2N3O3S/c1-23(2)28(26,27)24(18-11-9-17(21)10-12-18)14-19(25)22-13-3-4-15-5-7-16(20)8-6-15/h5-12H,3-4,13-14H2,1-2H3,(H,22,25). The van der Waals surface area contributed by atoms with Gasteiger partial charge in [0.2, 0.25) is 5.91 Å². The minimum absolute atomic E-state index is 0.191.